The second-order valence-electron chi connectivity index (χ2n) is 8.60. The maximum Gasteiger partial charge on any atom is 0.233 e. The molecule has 0 N–H and O–H groups in total. The first-order valence-electron chi connectivity index (χ1n) is 11.5. The van der Waals surface area contributed by atoms with Gasteiger partial charge in [0.25, 0.3) is 0 Å². The van der Waals surface area contributed by atoms with Crippen LogP contribution < -0.4 is 4.90 Å². The highest BCUT2D eigenvalue weighted by molar-refractivity contribution is 5.80. The molecule has 7 heteroatoms. The quantitative estimate of drug-likeness (QED) is 0.642. The van der Waals surface area contributed by atoms with E-state index in [0.717, 1.165) is 37.7 Å². The summed E-state index contributed by atoms with van der Waals surface area (Å²) in [6, 6.07) is 6.68. The molecule has 2 heterocycles. The van der Waals surface area contributed by atoms with Crippen LogP contribution in [0, 0.1) is 11.7 Å². The fourth-order valence-electron chi connectivity index (χ4n) is 4.57. The highest BCUT2D eigenvalue weighted by atomic mass is 19.1. The lowest BCUT2D eigenvalue weighted by atomic mass is 10.0. The Hall–Kier alpha value is -2.41. The summed E-state index contributed by atoms with van der Waals surface area (Å²) in [5.41, 5.74) is 1.66. The van der Waals surface area contributed by atoms with Crippen LogP contribution >= 0.6 is 0 Å². The van der Waals surface area contributed by atoms with Crippen molar-refractivity contribution in [2.45, 2.75) is 58.5 Å². The number of amides is 1. The first kappa shape index (κ1) is 21.8. The number of ether oxygens (including phenoxy) is 1. The van der Waals surface area contributed by atoms with Gasteiger partial charge in [-0.25, -0.2) is 4.39 Å². The van der Waals surface area contributed by atoms with E-state index in [1.54, 1.807) is 18.2 Å². The predicted molar refractivity (Wildman–Crippen MR) is 117 cm³/mol. The normalized spacial score (nSPS) is 18.4. The number of morpholine rings is 1. The monoisotopic (exact) mass is 429 g/mol. The highest BCUT2D eigenvalue weighted by Crippen LogP contribution is 2.36. The topological polar surface area (TPSA) is 58.8 Å². The Morgan fingerprint density at radius 2 is 1.97 bits per heavy atom. The number of halogens is 1. The van der Waals surface area contributed by atoms with Crippen molar-refractivity contribution in [2.24, 2.45) is 5.92 Å². The fourth-order valence-corrected chi connectivity index (χ4v) is 4.57. The van der Waals surface area contributed by atoms with Crippen molar-refractivity contribution in [3.8, 4) is 11.3 Å². The van der Waals surface area contributed by atoms with Crippen molar-refractivity contribution in [1.82, 2.24) is 10.1 Å². The van der Waals surface area contributed by atoms with Gasteiger partial charge in [0.05, 0.1) is 25.3 Å². The Bertz CT molecular complexity index is 888. The van der Waals surface area contributed by atoms with Gasteiger partial charge in [0, 0.05) is 30.6 Å². The molecule has 0 bridgehead atoms. The minimum absolute atomic E-state index is 0.0778. The van der Waals surface area contributed by atoms with Crippen molar-refractivity contribution < 1.29 is 18.4 Å². The molecule has 0 spiro atoms. The first-order valence-corrected chi connectivity index (χ1v) is 11.5. The Kier molecular flexibility index (Phi) is 6.90. The molecule has 1 aliphatic heterocycles. The van der Waals surface area contributed by atoms with Crippen LogP contribution in [0.4, 0.5) is 10.3 Å². The number of rotatable bonds is 7. The van der Waals surface area contributed by atoms with Gasteiger partial charge in [0.15, 0.2) is 0 Å². The van der Waals surface area contributed by atoms with E-state index >= 15 is 0 Å². The van der Waals surface area contributed by atoms with Gasteiger partial charge in [-0.05, 0) is 38.3 Å². The van der Waals surface area contributed by atoms with E-state index in [0.29, 0.717) is 50.0 Å². The van der Waals surface area contributed by atoms with Crippen LogP contribution in [0.2, 0.25) is 0 Å². The number of nitrogens with zero attached hydrogens (tertiary/aromatic N) is 3. The molecule has 31 heavy (non-hydrogen) atoms. The van der Waals surface area contributed by atoms with E-state index in [1.165, 1.54) is 6.07 Å². The maximum absolute atomic E-state index is 14.7. The van der Waals surface area contributed by atoms with Gasteiger partial charge < -0.3 is 19.1 Å². The van der Waals surface area contributed by atoms with E-state index in [9.17, 15) is 9.18 Å². The van der Waals surface area contributed by atoms with Gasteiger partial charge in [-0.1, -0.05) is 37.1 Å². The van der Waals surface area contributed by atoms with Crippen molar-refractivity contribution >= 4 is 11.8 Å². The third-order valence-corrected chi connectivity index (χ3v) is 6.63. The lowest BCUT2D eigenvalue weighted by Gasteiger charge is -2.32. The zero-order chi connectivity index (χ0) is 21.8. The van der Waals surface area contributed by atoms with Gasteiger partial charge in [-0.2, -0.15) is 0 Å². The summed E-state index contributed by atoms with van der Waals surface area (Å²) < 4.78 is 25.9. The van der Waals surface area contributed by atoms with Gasteiger partial charge >= 0.3 is 0 Å². The molecular weight excluding hydrogens is 397 g/mol. The highest BCUT2D eigenvalue weighted by Gasteiger charge is 2.33. The molecule has 1 saturated carbocycles. The number of hydrogen-bond acceptors (Lipinski definition) is 5. The van der Waals surface area contributed by atoms with E-state index in [-0.39, 0.29) is 23.7 Å². The Balaban J connectivity index is 1.73. The van der Waals surface area contributed by atoms with Crippen molar-refractivity contribution in [2.75, 3.05) is 31.2 Å². The Morgan fingerprint density at radius 1 is 1.26 bits per heavy atom. The number of aromatic nitrogens is 1. The molecular formula is C24H32FN3O3. The summed E-state index contributed by atoms with van der Waals surface area (Å²) >= 11 is 0. The number of benzene rings is 1. The van der Waals surface area contributed by atoms with Crippen LogP contribution in [-0.2, 0) is 16.1 Å². The molecule has 1 atom stereocenters. The molecule has 2 aliphatic rings. The summed E-state index contributed by atoms with van der Waals surface area (Å²) in [4.78, 5) is 17.5. The molecule has 1 amide bonds. The molecule has 1 saturated heterocycles. The average molecular weight is 430 g/mol. The summed E-state index contributed by atoms with van der Waals surface area (Å²) in [5.74, 6) is 0.551. The van der Waals surface area contributed by atoms with Crippen LogP contribution in [0.25, 0.3) is 11.3 Å². The molecule has 6 nitrogen and oxygen atoms in total. The third kappa shape index (κ3) is 4.61. The molecule has 168 valence electrons. The van der Waals surface area contributed by atoms with E-state index in [2.05, 4.69) is 23.9 Å². The van der Waals surface area contributed by atoms with Gasteiger partial charge in [-0.15, -0.1) is 0 Å². The summed E-state index contributed by atoms with van der Waals surface area (Å²) in [5, 5.41) is 4.28. The third-order valence-electron chi connectivity index (χ3n) is 6.63. The number of anilines is 1. The zero-order valence-electron chi connectivity index (χ0n) is 18.5. The molecule has 2 aromatic rings. The van der Waals surface area contributed by atoms with Crippen molar-refractivity contribution in [1.29, 1.82) is 0 Å². The van der Waals surface area contributed by atoms with E-state index in [4.69, 9.17) is 9.26 Å². The molecule has 4 rings (SSSR count). The van der Waals surface area contributed by atoms with Crippen LogP contribution in [0.15, 0.2) is 28.8 Å². The van der Waals surface area contributed by atoms with Gasteiger partial charge in [0.1, 0.15) is 11.5 Å². The molecule has 1 aromatic carbocycles. The minimum atomic E-state index is -0.345. The van der Waals surface area contributed by atoms with Crippen molar-refractivity contribution in [3.63, 3.8) is 0 Å². The fraction of sp³-hybridized carbons (Fsp3) is 0.583. The summed E-state index contributed by atoms with van der Waals surface area (Å²) in [6.45, 7) is 7.10. The molecule has 2 fully saturated rings. The smallest absolute Gasteiger partial charge is 0.233 e. The van der Waals surface area contributed by atoms with Crippen molar-refractivity contribution in [3.05, 3.63) is 35.6 Å². The average Bonchev–Trinajstić information content (AvgIpc) is 3.48. The van der Waals surface area contributed by atoms with Crippen LogP contribution in [-0.4, -0.2) is 48.3 Å². The lowest BCUT2D eigenvalue weighted by molar-refractivity contribution is -0.138. The number of carbonyl (C=O) groups is 1. The second-order valence-corrected chi connectivity index (χ2v) is 8.60. The predicted octanol–water partition coefficient (Wildman–Crippen LogP) is 4.63. The van der Waals surface area contributed by atoms with E-state index in [1.807, 2.05) is 4.90 Å². The molecule has 1 aliphatic carbocycles. The van der Waals surface area contributed by atoms with E-state index < -0.39 is 0 Å². The van der Waals surface area contributed by atoms with Gasteiger partial charge in [-0.3, -0.25) is 4.79 Å². The second kappa shape index (κ2) is 9.81. The number of hydrogen-bond donors (Lipinski definition) is 0. The number of carbonyl (C=O) groups excluding carboxylic acids is 1. The molecule has 0 radical (unpaired) electrons. The molecule has 1 aromatic heterocycles. The van der Waals surface area contributed by atoms with Crippen LogP contribution in [0.1, 0.15) is 51.5 Å². The zero-order valence-corrected chi connectivity index (χ0v) is 18.5. The largest absolute Gasteiger partial charge is 0.378 e. The SMILES string of the molecule is CCC(C)N(Cc1c(-c2ccccc2F)noc1N1CCOCC1)C(=O)C1CCCC1. The van der Waals surface area contributed by atoms with Gasteiger partial charge in [0.2, 0.25) is 11.8 Å². The maximum atomic E-state index is 14.7. The standard InChI is InChI=1S/C24H32FN3O3/c1-3-17(2)28(23(29)18-8-4-5-9-18)16-20-22(19-10-6-7-11-21(19)25)26-31-24(20)27-12-14-30-15-13-27/h6-7,10-11,17-18H,3-5,8-9,12-16H2,1-2H3. The Labute approximate surface area is 183 Å². The Morgan fingerprint density at radius 3 is 2.65 bits per heavy atom. The summed E-state index contributed by atoms with van der Waals surface area (Å²) in [7, 11) is 0. The molecule has 1 unspecified atom stereocenters. The summed E-state index contributed by atoms with van der Waals surface area (Å²) in [6.07, 6.45) is 4.97. The minimum Gasteiger partial charge on any atom is -0.378 e. The van der Waals surface area contributed by atoms with Crippen LogP contribution in [0.3, 0.4) is 0 Å². The first-order chi connectivity index (χ1) is 15.1. The lowest BCUT2D eigenvalue weighted by Crippen LogP contribution is -2.42. The van der Waals surface area contributed by atoms with Crippen LogP contribution in [0.5, 0.6) is 0 Å².